The van der Waals surface area contributed by atoms with Crippen LogP contribution in [-0.2, 0) is 4.74 Å². The summed E-state index contributed by atoms with van der Waals surface area (Å²) in [5.74, 6) is 2.01. The first-order valence-corrected chi connectivity index (χ1v) is 11.2. The summed E-state index contributed by atoms with van der Waals surface area (Å²) in [5.41, 5.74) is 1.00. The molecule has 0 N–H and O–H groups in total. The zero-order chi connectivity index (χ0) is 23.8. The first kappa shape index (κ1) is 23.0. The van der Waals surface area contributed by atoms with E-state index in [0.717, 1.165) is 16.8 Å². The van der Waals surface area contributed by atoms with E-state index >= 15 is 0 Å². The lowest BCUT2D eigenvalue weighted by Gasteiger charge is -2.36. The number of hydrogen-bond donors (Lipinski definition) is 0. The van der Waals surface area contributed by atoms with Gasteiger partial charge in [-0.2, -0.15) is 0 Å². The third-order valence-corrected chi connectivity index (χ3v) is 5.52. The van der Waals surface area contributed by atoms with Crippen molar-refractivity contribution in [2.45, 2.75) is 26.4 Å². The molecule has 33 heavy (non-hydrogen) atoms. The molecule has 4 heterocycles. The highest BCUT2D eigenvalue weighted by atomic mass is 35.5. The fourth-order valence-electron chi connectivity index (χ4n) is 3.69. The van der Waals surface area contributed by atoms with Crippen LogP contribution in [0.2, 0.25) is 5.02 Å². The molecule has 4 rings (SSSR count). The van der Waals surface area contributed by atoms with Crippen LogP contribution in [0, 0.1) is 0 Å². The highest BCUT2D eigenvalue weighted by Gasteiger charge is 2.28. The van der Waals surface area contributed by atoms with Crippen LogP contribution in [0.1, 0.15) is 20.8 Å². The number of carbonyl (C=O) groups excluding carboxylic acids is 1. The summed E-state index contributed by atoms with van der Waals surface area (Å²) >= 11 is 6.63. The molecule has 9 nitrogen and oxygen atoms in total. The highest BCUT2D eigenvalue weighted by Crippen LogP contribution is 2.36. The molecule has 10 heteroatoms. The van der Waals surface area contributed by atoms with Crippen molar-refractivity contribution in [1.29, 1.82) is 0 Å². The van der Waals surface area contributed by atoms with E-state index in [1.165, 1.54) is 0 Å². The van der Waals surface area contributed by atoms with Crippen LogP contribution in [0.25, 0.3) is 22.3 Å². The molecule has 1 amide bonds. The van der Waals surface area contributed by atoms with Crippen LogP contribution in [0.4, 0.5) is 16.4 Å². The fraction of sp³-hybridized carbons (Fsp3) is 0.435. The number of fused-ring (bicyclic) bond motifs is 1. The Labute approximate surface area is 198 Å². The zero-order valence-corrected chi connectivity index (χ0v) is 20.3. The lowest BCUT2D eigenvalue weighted by molar-refractivity contribution is 0.0240. The van der Waals surface area contributed by atoms with Crippen molar-refractivity contribution in [2.24, 2.45) is 0 Å². The first-order chi connectivity index (χ1) is 15.6. The third kappa shape index (κ3) is 4.93. The Kier molecular flexibility index (Phi) is 6.25. The summed E-state index contributed by atoms with van der Waals surface area (Å²) in [6.45, 7) is 7.84. The molecule has 0 atom stereocenters. The average Bonchev–Trinajstić information content (AvgIpc) is 2.78. The van der Waals surface area contributed by atoms with Crippen molar-refractivity contribution in [3.63, 3.8) is 0 Å². The second-order valence-electron chi connectivity index (χ2n) is 9.11. The predicted octanol–water partition coefficient (Wildman–Crippen LogP) is 3.86. The van der Waals surface area contributed by atoms with Gasteiger partial charge >= 0.3 is 6.09 Å². The zero-order valence-electron chi connectivity index (χ0n) is 19.5. The second kappa shape index (κ2) is 8.97. The molecule has 0 aromatic carbocycles. The summed E-state index contributed by atoms with van der Waals surface area (Å²) in [6, 6.07) is 3.75. The summed E-state index contributed by atoms with van der Waals surface area (Å²) in [4.78, 5) is 36.6. The van der Waals surface area contributed by atoms with Gasteiger partial charge in [0.1, 0.15) is 16.9 Å². The number of carbonyl (C=O) groups is 1. The largest absolute Gasteiger partial charge is 0.444 e. The van der Waals surface area contributed by atoms with E-state index in [9.17, 15) is 4.79 Å². The van der Waals surface area contributed by atoms with Crippen LogP contribution >= 0.6 is 11.6 Å². The molecule has 0 radical (unpaired) electrons. The summed E-state index contributed by atoms with van der Waals surface area (Å²) in [6.07, 6.45) is 4.76. The molecule has 3 aromatic heterocycles. The van der Waals surface area contributed by atoms with Gasteiger partial charge in [0.25, 0.3) is 0 Å². The first-order valence-electron chi connectivity index (χ1n) is 10.8. The van der Waals surface area contributed by atoms with Crippen molar-refractivity contribution in [3.8, 4) is 11.4 Å². The van der Waals surface area contributed by atoms with Crippen molar-refractivity contribution in [3.05, 3.63) is 35.7 Å². The van der Waals surface area contributed by atoms with E-state index in [0.29, 0.717) is 48.4 Å². The predicted molar refractivity (Wildman–Crippen MR) is 130 cm³/mol. The highest BCUT2D eigenvalue weighted by molar-refractivity contribution is 6.36. The van der Waals surface area contributed by atoms with Gasteiger partial charge in [-0.1, -0.05) is 11.6 Å². The fourth-order valence-corrected chi connectivity index (χ4v) is 3.91. The van der Waals surface area contributed by atoms with Gasteiger partial charge in [-0.15, -0.1) is 0 Å². The number of rotatable bonds is 3. The van der Waals surface area contributed by atoms with Gasteiger partial charge in [0.15, 0.2) is 11.6 Å². The monoisotopic (exact) mass is 469 g/mol. The van der Waals surface area contributed by atoms with Crippen molar-refractivity contribution >= 4 is 40.2 Å². The van der Waals surface area contributed by atoms with Crippen LogP contribution in [-0.4, -0.2) is 76.8 Å². The van der Waals surface area contributed by atoms with Crippen molar-refractivity contribution in [2.75, 3.05) is 50.1 Å². The van der Waals surface area contributed by atoms with Gasteiger partial charge in [0, 0.05) is 64.4 Å². The molecule has 0 aliphatic carbocycles. The Morgan fingerprint density at radius 2 is 1.76 bits per heavy atom. The smallest absolute Gasteiger partial charge is 0.410 e. The molecule has 1 aliphatic rings. The summed E-state index contributed by atoms with van der Waals surface area (Å²) in [5, 5.41) is 1.24. The number of aromatic nitrogens is 4. The Morgan fingerprint density at radius 1 is 1.09 bits per heavy atom. The summed E-state index contributed by atoms with van der Waals surface area (Å²) < 4.78 is 5.53. The molecule has 0 bridgehead atoms. The number of anilines is 2. The molecular weight excluding hydrogens is 442 g/mol. The maximum absolute atomic E-state index is 12.5. The van der Waals surface area contributed by atoms with E-state index in [1.54, 1.807) is 23.5 Å². The van der Waals surface area contributed by atoms with E-state index < -0.39 is 5.60 Å². The normalized spacial score (nSPS) is 14.5. The lowest BCUT2D eigenvalue weighted by atomic mass is 10.2. The quantitative estimate of drug-likeness (QED) is 0.571. The minimum atomic E-state index is -0.528. The molecule has 174 valence electrons. The van der Waals surface area contributed by atoms with Crippen LogP contribution in [0.3, 0.4) is 0 Å². The maximum Gasteiger partial charge on any atom is 0.410 e. The number of nitrogens with zero attached hydrogens (tertiary/aromatic N) is 7. The van der Waals surface area contributed by atoms with Gasteiger partial charge in [-0.3, -0.25) is 4.98 Å². The van der Waals surface area contributed by atoms with Gasteiger partial charge < -0.3 is 19.4 Å². The minimum Gasteiger partial charge on any atom is -0.444 e. The van der Waals surface area contributed by atoms with Gasteiger partial charge in [0.05, 0.1) is 10.4 Å². The van der Waals surface area contributed by atoms with E-state index in [1.807, 2.05) is 51.9 Å². The number of ether oxygens (including phenoxy) is 1. The van der Waals surface area contributed by atoms with E-state index in [4.69, 9.17) is 26.3 Å². The Balaban J connectivity index is 1.74. The second-order valence-corrected chi connectivity index (χ2v) is 9.52. The van der Waals surface area contributed by atoms with Gasteiger partial charge in [0.2, 0.25) is 0 Å². The molecule has 1 fully saturated rings. The number of amides is 1. The number of halogens is 1. The summed E-state index contributed by atoms with van der Waals surface area (Å²) in [7, 11) is 3.84. The third-order valence-electron chi connectivity index (χ3n) is 5.23. The number of piperazine rings is 1. The van der Waals surface area contributed by atoms with Crippen LogP contribution in [0.15, 0.2) is 30.7 Å². The Hall–Kier alpha value is -3.20. The number of hydrogen-bond acceptors (Lipinski definition) is 8. The van der Waals surface area contributed by atoms with E-state index in [-0.39, 0.29) is 6.09 Å². The average molecular weight is 470 g/mol. The molecule has 1 saturated heterocycles. The maximum atomic E-state index is 12.5. The van der Waals surface area contributed by atoms with Gasteiger partial charge in [-0.05, 0) is 32.9 Å². The van der Waals surface area contributed by atoms with Crippen LogP contribution in [0.5, 0.6) is 0 Å². The topological polar surface area (TPSA) is 87.6 Å². The van der Waals surface area contributed by atoms with Crippen LogP contribution < -0.4 is 9.80 Å². The molecule has 1 aliphatic heterocycles. The molecule has 0 unspecified atom stereocenters. The van der Waals surface area contributed by atoms with Gasteiger partial charge in [-0.25, -0.2) is 19.7 Å². The Bertz CT molecular complexity index is 1160. The van der Waals surface area contributed by atoms with Crippen molar-refractivity contribution in [1.82, 2.24) is 24.8 Å². The molecular formula is C23H28ClN7O2. The Morgan fingerprint density at radius 3 is 2.36 bits per heavy atom. The minimum absolute atomic E-state index is 0.302. The standard InChI is InChI=1S/C23H28ClN7O2/c1-23(2,3)33-22(32)31-12-10-30(11-13-31)20-17-16(24)14-26-21(29(4)5)18(17)27-19(28-20)15-6-8-25-9-7-15/h6-9,14H,10-13H2,1-5H3. The molecule has 3 aromatic rings. The van der Waals surface area contributed by atoms with E-state index in [2.05, 4.69) is 14.9 Å². The molecule has 0 spiro atoms. The lowest BCUT2D eigenvalue weighted by Crippen LogP contribution is -2.50. The SMILES string of the molecule is CN(C)c1ncc(Cl)c2c(N3CCN(C(=O)OC(C)(C)C)CC3)nc(-c3ccncc3)nc12. The molecule has 0 saturated carbocycles. The number of pyridine rings is 2. The van der Waals surface area contributed by atoms with Crippen molar-refractivity contribution < 1.29 is 9.53 Å².